The normalized spacial score (nSPS) is 15.7. The van der Waals surface area contributed by atoms with Crippen LogP contribution in [0.5, 0.6) is 0 Å². The van der Waals surface area contributed by atoms with Gasteiger partial charge in [-0.05, 0) is 56.1 Å². The molecule has 0 atom stereocenters. The van der Waals surface area contributed by atoms with Gasteiger partial charge in [0.05, 0.1) is 16.9 Å². The van der Waals surface area contributed by atoms with Crippen LogP contribution in [0.2, 0.25) is 0 Å². The van der Waals surface area contributed by atoms with Crippen LogP contribution in [0.25, 0.3) is 6.08 Å². The molecule has 0 radical (unpaired) electrons. The van der Waals surface area contributed by atoms with Crippen molar-refractivity contribution in [1.82, 2.24) is 4.90 Å². The van der Waals surface area contributed by atoms with Crippen LogP contribution in [0.15, 0.2) is 53.3 Å². The second kappa shape index (κ2) is 9.04. The second-order valence-electron chi connectivity index (χ2n) is 5.39. The van der Waals surface area contributed by atoms with E-state index in [1.807, 2.05) is 12.1 Å². The average Bonchev–Trinajstić information content (AvgIpc) is 3.19. The average molecular weight is 595 g/mol. The molecule has 3 rings (SSSR count). The number of nitrogens with one attached hydrogen (secondary N) is 1. The van der Waals surface area contributed by atoms with E-state index in [-0.39, 0.29) is 24.8 Å². The number of thioether (sulfide) groups is 1. The van der Waals surface area contributed by atoms with E-state index in [9.17, 15) is 9.59 Å². The molecule has 2 heterocycles. The topological polar surface area (TPSA) is 62.6 Å². The van der Waals surface area contributed by atoms with E-state index in [0.29, 0.717) is 20.7 Å². The first kappa shape index (κ1) is 20.8. The van der Waals surface area contributed by atoms with Crippen LogP contribution in [-0.4, -0.2) is 27.6 Å². The number of halogens is 3. The minimum Gasteiger partial charge on any atom is -0.465 e. The predicted molar refractivity (Wildman–Crippen MR) is 121 cm³/mol. The van der Waals surface area contributed by atoms with E-state index in [1.165, 1.54) is 22.9 Å². The van der Waals surface area contributed by atoms with Gasteiger partial charge in [0.15, 0.2) is 0 Å². The van der Waals surface area contributed by atoms with Crippen LogP contribution in [0.1, 0.15) is 12.2 Å². The van der Waals surface area contributed by atoms with Gasteiger partial charge in [0.25, 0.3) is 5.91 Å². The Kier molecular flexibility index (Phi) is 6.96. The standard InChI is InChI=1S/C17H11Br3N2O3S2/c18-9-6-11(19)15(12(20)7-9)21-14(23)3-4-22-16(24)13(27-17(22)26)8-10-2-1-5-25-10/h1-2,5-8H,3-4H2,(H,21,23)/b13-8+. The van der Waals surface area contributed by atoms with E-state index in [0.717, 1.165) is 13.4 Å². The zero-order valence-electron chi connectivity index (χ0n) is 13.5. The summed E-state index contributed by atoms with van der Waals surface area (Å²) < 4.78 is 8.01. The van der Waals surface area contributed by atoms with Crippen LogP contribution in [0.3, 0.4) is 0 Å². The van der Waals surface area contributed by atoms with E-state index in [4.69, 9.17) is 16.6 Å². The Labute approximate surface area is 190 Å². The predicted octanol–water partition coefficient (Wildman–Crippen LogP) is 5.80. The zero-order chi connectivity index (χ0) is 19.6. The third-order valence-corrected chi connectivity index (χ3v) is 6.61. The van der Waals surface area contributed by atoms with Crippen molar-refractivity contribution in [3.8, 4) is 0 Å². The Bertz CT molecular complexity index is 922. The van der Waals surface area contributed by atoms with Gasteiger partial charge < -0.3 is 9.73 Å². The molecule has 1 fully saturated rings. The molecule has 1 aromatic heterocycles. The maximum absolute atomic E-state index is 12.5. The number of carbonyl (C=O) groups excluding carboxylic acids is 2. The lowest BCUT2D eigenvalue weighted by Crippen LogP contribution is -2.31. The van der Waals surface area contributed by atoms with E-state index >= 15 is 0 Å². The van der Waals surface area contributed by atoms with Gasteiger partial charge in [-0.2, -0.15) is 0 Å². The highest BCUT2D eigenvalue weighted by Crippen LogP contribution is 2.35. The van der Waals surface area contributed by atoms with Crippen molar-refractivity contribution in [3.05, 3.63) is 54.6 Å². The fourth-order valence-electron chi connectivity index (χ4n) is 2.27. The molecule has 10 heteroatoms. The number of nitrogens with zero attached hydrogens (tertiary/aromatic N) is 1. The second-order valence-corrected chi connectivity index (χ2v) is 9.69. The van der Waals surface area contributed by atoms with Crippen molar-refractivity contribution in [2.24, 2.45) is 0 Å². The van der Waals surface area contributed by atoms with Crippen molar-refractivity contribution in [1.29, 1.82) is 0 Å². The Morgan fingerprint density at radius 1 is 1.30 bits per heavy atom. The van der Waals surface area contributed by atoms with Gasteiger partial charge in [0.2, 0.25) is 5.91 Å². The van der Waals surface area contributed by atoms with Crippen molar-refractivity contribution in [2.75, 3.05) is 11.9 Å². The molecule has 27 heavy (non-hydrogen) atoms. The Morgan fingerprint density at radius 2 is 2.00 bits per heavy atom. The van der Waals surface area contributed by atoms with Crippen LogP contribution in [0.4, 0.5) is 5.69 Å². The first-order valence-electron chi connectivity index (χ1n) is 7.58. The minimum absolute atomic E-state index is 0.120. The number of anilines is 1. The summed E-state index contributed by atoms with van der Waals surface area (Å²) in [4.78, 5) is 26.8. The van der Waals surface area contributed by atoms with Gasteiger partial charge in [-0.3, -0.25) is 14.5 Å². The summed E-state index contributed by atoms with van der Waals surface area (Å²) in [6, 6.07) is 7.17. The molecule has 1 saturated heterocycles. The maximum Gasteiger partial charge on any atom is 0.266 e. The molecule has 0 unspecified atom stereocenters. The molecule has 140 valence electrons. The lowest BCUT2D eigenvalue weighted by atomic mass is 10.3. The Hall–Kier alpha value is -0.940. The highest BCUT2D eigenvalue weighted by Gasteiger charge is 2.32. The molecular weight excluding hydrogens is 584 g/mol. The van der Waals surface area contributed by atoms with E-state index in [2.05, 4.69) is 53.1 Å². The molecule has 1 N–H and O–H groups in total. The number of furan rings is 1. The smallest absolute Gasteiger partial charge is 0.266 e. The Morgan fingerprint density at radius 3 is 2.63 bits per heavy atom. The fourth-order valence-corrected chi connectivity index (χ4v) is 6.02. The summed E-state index contributed by atoms with van der Waals surface area (Å²) in [7, 11) is 0. The molecular formula is C17H11Br3N2O3S2. The summed E-state index contributed by atoms with van der Waals surface area (Å²) in [6.07, 6.45) is 3.31. The fraction of sp³-hybridized carbons (Fsp3) is 0.118. The van der Waals surface area contributed by atoms with Gasteiger partial charge in [-0.25, -0.2) is 0 Å². The largest absolute Gasteiger partial charge is 0.465 e. The lowest BCUT2D eigenvalue weighted by Gasteiger charge is -2.15. The van der Waals surface area contributed by atoms with Gasteiger partial charge in [0, 0.05) is 32.5 Å². The molecule has 1 aliphatic rings. The Balaban J connectivity index is 1.62. The third kappa shape index (κ3) is 5.11. The summed E-state index contributed by atoms with van der Waals surface area (Å²) >= 11 is 16.7. The monoisotopic (exact) mass is 592 g/mol. The molecule has 0 saturated carbocycles. The number of hydrogen-bond acceptors (Lipinski definition) is 5. The molecule has 5 nitrogen and oxygen atoms in total. The summed E-state index contributed by atoms with van der Waals surface area (Å²) in [5.41, 5.74) is 0.631. The van der Waals surface area contributed by atoms with Crippen LogP contribution in [-0.2, 0) is 9.59 Å². The molecule has 0 spiro atoms. The number of benzene rings is 1. The van der Waals surface area contributed by atoms with Crippen LogP contribution >= 0.6 is 71.8 Å². The molecule has 2 amide bonds. The van der Waals surface area contributed by atoms with Gasteiger partial charge in [0.1, 0.15) is 10.1 Å². The zero-order valence-corrected chi connectivity index (χ0v) is 19.9. The molecule has 0 aliphatic carbocycles. The van der Waals surface area contributed by atoms with Gasteiger partial charge in [-0.1, -0.05) is 39.9 Å². The SMILES string of the molecule is O=C(CCN1C(=O)/C(=C\c2ccco2)SC1=S)Nc1c(Br)cc(Br)cc1Br. The van der Waals surface area contributed by atoms with Gasteiger partial charge in [-0.15, -0.1) is 0 Å². The molecule has 0 bridgehead atoms. The summed E-state index contributed by atoms with van der Waals surface area (Å²) in [6.45, 7) is 0.206. The number of amides is 2. The van der Waals surface area contributed by atoms with Gasteiger partial charge >= 0.3 is 0 Å². The number of carbonyl (C=O) groups is 2. The number of rotatable bonds is 5. The quantitative estimate of drug-likeness (QED) is 0.350. The highest BCUT2D eigenvalue weighted by molar-refractivity contribution is 9.11. The number of hydrogen-bond donors (Lipinski definition) is 1. The first-order chi connectivity index (χ1) is 12.8. The van der Waals surface area contributed by atoms with Crippen molar-refractivity contribution >= 4 is 99.7 Å². The van der Waals surface area contributed by atoms with E-state index in [1.54, 1.807) is 18.2 Å². The summed E-state index contributed by atoms with van der Waals surface area (Å²) in [5, 5.41) is 2.84. The molecule has 2 aromatic rings. The maximum atomic E-state index is 12.5. The minimum atomic E-state index is -0.222. The lowest BCUT2D eigenvalue weighted by molar-refractivity contribution is -0.122. The highest BCUT2D eigenvalue weighted by atomic mass is 79.9. The first-order valence-corrected chi connectivity index (χ1v) is 11.2. The van der Waals surface area contributed by atoms with Crippen molar-refractivity contribution < 1.29 is 14.0 Å². The van der Waals surface area contributed by atoms with Crippen molar-refractivity contribution in [3.63, 3.8) is 0 Å². The molecule has 1 aliphatic heterocycles. The van der Waals surface area contributed by atoms with E-state index < -0.39 is 0 Å². The van der Waals surface area contributed by atoms with Crippen molar-refractivity contribution in [2.45, 2.75) is 6.42 Å². The summed E-state index contributed by atoms with van der Waals surface area (Å²) in [5.74, 6) is 0.140. The van der Waals surface area contributed by atoms with Crippen LogP contribution < -0.4 is 5.32 Å². The molecule has 1 aromatic carbocycles. The van der Waals surface area contributed by atoms with Crippen LogP contribution in [0, 0.1) is 0 Å². The third-order valence-electron chi connectivity index (χ3n) is 3.52. The number of thiocarbonyl (C=S) groups is 1.